The van der Waals surface area contributed by atoms with Crippen LogP contribution in [0.25, 0.3) is 0 Å². The van der Waals surface area contributed by atoms with Gasteiger partial charge < -0.3 is 15.5 Å². The van der Waals surface area contributed by atoms with Gasteiger partial charge in [-0.1, -0.05) is 26.0 Å². The van der Waals surface area contributed by atoms with Crippen LogP contribution in [0.15, 0.2) is 42.6 Å². The summed E-state index contributed by atoms with van der Waals surface area (Å²) in [6, 6.07) is 9.32. The molecule has 1 aromatic heterocycles. The Labute approximate surface area is 217 Å². The molecule has 0 aliphatic carbocycles. The van der Waals surface area contributed by atoms with Crippen molar-refractivity contribution in [1.82, 2.24) is 25.4 Å². The second kappa shape index (κ2) is 12.3. The van der Waals surface area contributed by atoms with Gasteiger partial charge in [0.15, 0.2) is 0 Å². The summed E-state index contributed by atoms with van der Waals surface area (Å²) in [7, 11) is 0. The lowest BCUT2D eigenvalue weighted by atomic mass is 10.0. The zero-order valence-corrected chi connectivity index (χ0v) is 21.6. The molecule has 2 bridgehead atoms. The predicted octanol–water partition coefficient (Wildman–Crippen LogP) is 2.53. The monoisotopic (exact) mass is 509 g/mol. The molecular formula is C28H36FN5O3. The fourth-order valence-corrected chi connectivity index (χ4v) is 4.99. The number of nitrogens with zero attached hydrogens (tertiary/aromatic N) is 3. The van der Waals surface area contributed by atoms with E-state index < -0.39 is 17.8 Å². The van der Waals surface area contributed by atoms with Crippen LogP contribution >= 0.6 is 0 Å². The van der Waals surface area contributed by atoms with Gasteiger partial charge in [-0.15, -0.1) is 0 Å². The molecule has 2 aliphatic heterocycles. The largest absolute Gasteiger partial charge is 0.355 e. The summed E-state index contributed by atoms with van der Waals surface area (Å²) < 4.78 is 14.7. The number of benzene rings is 1. The molecule has 1 aromatic carbocycles. The van der Waals surface area contributed by atoms with Crippen molar-refractivity contribution in [1.29, 1.82) is 0 Å². The summed E-state index contributed by atoms with van der Waals surface area (Å²) >= 11 is 0. The first-order valence-corrected chi connectivity index (χ1v) is 13.1. The molecular weight excluding hydrogens is 473 g/mol. The number of fused-ring (bicyclic) bond motifs is 3. The Morgan fingerprint density at radius 1 is 1.14 bits per heavy atom. The predicted molar refractivity (Wildman–Crippen MR) is 138 cm³/mol. The number of halogens is 1. The lowest BCUT2D eigenvalue weighted by Gasteiger charge is -2.32. The van der Waals surface area contributed by atoms with Gasteiger partial charge in [-0.3, -0.25) is 24.3 Å². The van der Waals surface area contributed by atoms with Gasteiger partial charge >= 0.3 is 0 Å². The standard InChI is InChI=1S/C28H36FN5O3/c1-19(2)24-17-33(16-21-8-3-4-12-30-21)18-26(35)31-13-5-7-20-10-11-23(29)22(15-20)28(37)34-14-6-9-25(34)27(36)32-24/h3-4,8,10-12,15,19,24-25H,5-7,9,13-14,16-18H2,1-2H3,(H,31,35)(H,32,36)/t24-,25-/m0/s1. The van der Waals surface area contributed by atoms with E-state index >= 15 is 0 Å². The summed E-state index contributed by atoms with van der Waals surface area (Å²) in [4.78, 5) is 47.5. The summed E-state index contributed by atoms with van der Waals surface area (Å²) in [6.07, 6.45) is 4.19. The molecule has 2 aliphatic rings. The second-order valence-electron chi connectivity index (χ2n) is 10.3. The molecule has 198 valence electrons. The van der Waals surface area contributed by atoms with Gasteiger partial charge in [0.05, 0.1) is 17.8 Å². The lowest BCUT2D eigenvalue weighted by Crippen LogP contribution is -2.53. The fraction of sp³-hybridized carbons (Fsp3) is 0.500. The summed E-state index contributed by atoms with van der Waals surface area (Å²) in [5, 5.41) is 6.10. The summed E-state index contributed by atoms with van der Waals surface area (Å²) in [6.45, 7) is 6.00. The van der Waals surface area contributed by atoms with Gasteiger partial charge in [-0.25, -0.2) is 4.39 Å². The smallest absolute Gasteiger partial charge is 0.257 e. The van der Waals surface area contributed by atoms with E-state index in [0.717, 1.165) is 11.3 Å². The van der Waals surface area contributed by atoms with Gasteiger partial charge in [-0.05, 0) is 61.4 Å². The van der Waals surface area contributed by atoms with E-state index in [2.05, 4.69) is 15.6 Å². The highest BCUT2D eigenvalue weighted by molar-refractivity contribution is 5.98. The summed E-state index contributed by atoms with van der Waals surface area (Å²) in [5.74, 6) is -1.30. The van der Waals surface area contributed by atoms with E-state index in [0.29, 0.717) is 51.9 Å². The number of hydrogen-bond acceptors (Lipinski definition) is 5. The average Bonchev–Trinajstić information content (AvgIpc) is 3.37. The molecule has 4 rings (SSSR count). The SMILES string of the molecule is CC(C)[C@@H]1CN(Cc2ccccn2)CC(=O)NCCCc2ccc(F)c(c2)C(=O)N2CCC[C@H]2C(=O)N1. The Hall–Kier alpha value is -3.33. The molecule has 0 spiro atoms. The third-order valence-corrected chi connectivity index (χ3v) is 7.11. The van der Waals surface area contributed by atoms with Crippen molar-refractivity contribution in [3.05, 3.63) is 65.2 Å². The van der Waals surface area contributed by atoms with E-state index in [1.54, 1.807) is 18.3 Å². The van der Waals surface area contributed by atoms with Gasteiger partial charge in [0.25, 0.3) is 5.91 Å². The third kappa shape index (κ3) is 6.91. The van der Waals surface area contributed by atoms with Crippen molar-refractivity contribution < 1.29 is 18.8 Å². The Morgan fingerprint density at radius 3 is 2.73 bits per heavy atom. The van der Waals surface area contributed by atoms with Crippen LogP contribution in [0.4, 0.5) is 4.39 Å². The molecule has 0 saturated carbocycles. The van der Waals surface area contributed by atoms with Crippen LogP contribution < -0.4 is 10.6 Å². The Kier molecular flexibility index (Phi) is 8.87. The highest BCUT2D eigenvalue weighted by Crippen LogP contribution is 2.23. The molecule has 9 heteroatoms. The van der Waals surface area contributed by atoms with E-state index in [-0.39, 0.29) is 35.9 Å². The zero-order valence-electron chi connectivity index (χ0n) is 21.6. The first-order valence-electron chi connectivity index (χ1n) is 13.1. The van der Waals surface area contributed by atoms with Crippen molar-refractivity contribution in [3.8, 4) is 0 Å². The topological polar surface area (TPSA) is 94.6 Å². The maximum atomic E-state index is 14.7. The summed E-state index contributed by atoms with van der Waals surface area (Å²) in [5.41, 5.74) is 1.65. The van der Waals surface area contributed by atoms with Gasteiger partial charge in [-0.2, -0.15) is 0 Å². The molecule has 37 heavy (non-hydrogen) atoms. The number of amides is 3. The number of aryl methyl sites for hydroxylation is 1. The Balaban J connectivity index is 1.61. The van der Waals surface area contributed by atoms with Crippen molar-refractivity contribution in [2.75, 3.05) is 26.2 Å². The minimum Gasteiger partial charge on any atom is -0.355 e. The Morgan fingerprint density at radius 2 is 1.97 bits per heavy atom. The van der Waals surface area contributed by atoms with Gasteiger partial charge in [0.1, 0.15) is 11.9 Å². The van der Waals surface area contributed by atoms with Crippen molar-refractivity contribution >= 4 is 17.7 Å². The second-order valence-corrected chi connectivity index (χ2v) is 10.3. The fourth-order valence-electron chi connectivity index (χ4n) is 4.99. The number of nitrogens with one attached hydrogen (secondary N) is 2. The maximum Gasteiger partial charge on any atom is 0.257 e. The highest BCUT2D eigenvalue weighted by atomic mass is 19.1. The molecule has 8 nitrogen and oxygen atoms in total. The number of carbonyl (C=O) groups excluding carboxylic acids is 3. The minimum atomic E-state index is -0.653. The van der Waals surface area contributed by atoms with Crippen molar-refractivity contribution in [2.45, 2.75) is 58.2 Å². The number of pyridine rings is 1. The van der Waals surface area contributed by atoms with Crippen LogP contribution in [0.2, 0.25) is 0 Å². The average molecular weight is 510 g/mol. The molecule has 2 atom stereocenters. The number of aromatic nitrogens is 1. The number of rotatable bonds is 3. The normalized spacial score (nSPS) is 22.4. The van der Waals surface area contributed by atoms with Crippen LogP contribution in [0.5, 0.6) is 0 Å². The Bertz CT molecular complexity index is 1110. The van der Waals surface area contributed by atoms with Crippen LogP contribution in [0.1, 0.15) is 54.7 Å². The molecule has 0 unspecified atom stereocenters. The molecule has 1 saturated heterocycles. The third-order valence-electron chi connectivity index (χ3n) is 7.11. The van der Waals surface area contributed by atoms with E-state index in [1.807, 2.05) is 36.9 Å². The molecule has 3 heterocycles. The van der Waals surface area contributed by atoms with Crippen molar-refractivity contribution in [3.63, 3.8) is 0 Å². The molecule has 2 aromatic rings. The van der Waals surface area contributed by atoms with E-state index in [9.17, 15) is 18.8 Å². The van der Waals surface area contributed by atoms with Crippen LogP contribution in [-0.4, -0.2) is 70.8 Å². The maximum absolute atomic E-state index is 14.7. The lowest BCUT2D eigenvalue weighted by molar-refractivity contribution is -0.126. The zero-order chi connectivity index (χ0) is 26.4. The minimum absolute atomic E-state index is 0.00695. The van der Waals surface area contributed by atoms with Crippen molar-refractivity contribution in [2.24, 2.45) is 5.92 Å². The van der Waals surface area contributed by atoms with Crippen LogP contribution in [0.3, 0.4) is 0 Å². The van der Waals surface area contributed by atoms with E-state index in [4.69, 9.17) is 0 Å². The first-order chi connectivity index (χ1) is 17.8. The first kappa shape index (κ1) is 26.7. The highest BCUT2D eigenvalue weighted by Gasteiger charge is 2.37. The van der Waals surface area contributed by atoms with Crippen LogP contribution in [0, 0.1) is 11.7 Å². The van der Waals surface area contributed by atoms with Gasteiger partial charge in [0.2, 0.25) is 11.8 Å². The van der Waals surface area contributed by atoms with Crippen LogP contribution in [-0.2, 0) is 22.6 Å². The molecule has 2 N–H and O–H groups in total. The quantitative estimate of drug-likeness (QED) is 0.663. The number of hydrogen-bond donors (Lipinski definition) is 2. The van der Waals surface area contributed by atoms with Gasteiger partial charge in [0, 0.05) is 38.4 Å². The molecule has 1 fully saturated rings. The molecule has 3 amide bonds. The number of carbonyl (C=O) groups is 3. The molecule has 0 radical (unpaired) electrons. The van der Waals surface area contributed by atoms with E-state index in [1.165, 1.54) is 11.0 Å².